The van der Waals surface area contributed by atoms with Crippen LogP contribution in [0, 0.1) is 10.1 Å². The van der Waals surface area contributed by atoms with E-state index in [1.54, 1.807) is 12.1 Å². The van der Waals surface area contributed by atoms with Gasteiger partial charge in [-0.2, -0.15) is 0 Å². The predicted molar refractivity (Wildman–Crippen MR) is 72.3 cm³/mol. The van der Waals surface area contributed by atoms with Gasteiger partial charge in [0.2, 0.25) is 5.91 Å². The van der Waals surface area contributed by atoms with Gasteiger partial charge in [0.15, 0.2) is 0 Å². The average molecular weight is 282 g/mol. The zero-order valence-corrected chi connectivity index (χ0v) is 11.3. The normalized spacial score (nSPS) is 10.3. The Morgan fingerprint density at radius 2 is 2.20 bits per heavy atom. The molecule has 1 N–H and O–H groups in total. The summed E-state index contributed by atoms with van der Waals surface area (Å²) in [7, 11) is 1.53. The zero-order valence-electron chi connectivity index (χ0n) is 11.3. The molecule has 1 aromatic carbocycles. The van der Waals surface area contributed by atoms with Crippen molar-refractivity contribution in [1.29, 1.82) is 0 Å². The minimum atomic E-state index is -0.496. The van der Waals surface area contributed by atoms with Crippen LogP contribution in [-0.2, 0) is 16.0 Å². The van der Waals surface area contributed by atoms with Crippen LogP contribution in [0.2, 0.25) is 0 Å². The number of hydrogen-bond donors (Lipinski definition) is 1. The molecule has 0 heterocycles. The van der Waals surface area contributed by atoms with Crippen LogP contribution < -0.4 is 0 Å². The number of nitro groups is 1. The Bertz CT molecular complexity index is 464. The number of non-ortho nitro benzene ring substituents is 1. The molecule has 7 heteroatoms. The van der Waals surface area contributed by atoms with Crippen LogP contribution in [0.15, 0.2) is 24.3 Å². The van der Waals surface area contributed by atoms with Crippen molar-refractivity contribution in [2.24, 2.45) is 0 Å². The topological polar surface area (TPSA) is 92.9 Å². The number of benzene rings is 1. The first-order chi connectivity index (χ1) is 9.58. The molecule has 0 atom stereocenters. The molecule has 0 aliphatic rings. The van der Waals surface area contributed by atoms with Gasteiger partial charge in [0, 0.05) is 32.3 Å². The average Bonchev–Trinajstić information content (AvgIpc) is 2.43. The predicted octanol–water partition coefficient (Wildman–Crippen LogP) is 0.605. The number of nitro benzene ring substituents is 1. The number of amides is 1. The van der Waals surface area contributed by atoms with E-state index in [-0.39, 0.29) is 31.2 Å². The molecule has 20 heavy (non-hydrogen) atoms. The van der Waals surface area contributed by atoms with Crippen molar-refractivity contribution in [2.75, 3.05) is 33.4 Å². The smallest absolute Gasteiger partial charge is 0.269 e. The largest absolute Gasteiger partial charge is 0.395 e. The van der Waals surface area contributed by atoms with Crippen molar-refractivity contribution in [3.8, 4) is 0 Å². The monoisotopic (exact) mass is 282 g/mol. The zero-order chi connectivity index (χ0) is 15.0. The molecule has 0 radical (unpaired) electrons. The van der Waals surface area contributed by atoms with Crippen molar-refractivity contribution in [3.05, 3.63) is 39.9 Å². The molecule has 0 saturated carbocycles. The van der Waals surface area contributed by atoms with E-state index in [1.165, 1.54) is 24.1 Å². The fraction of sp³-hybridized carbons (Fsp3) is 0.462. The molecule has 0 saturated heterocycles. The van der Waals surface area contributed by atoms with Gasteiger partial charge in [-0.3, -0.25) is 14.9 Å². The lowest BCUT2D eigenvalue weighted by Crippen LogP contribution is -2.37. The van der Waals surface area contributed by atoms with Gasteiger partial charge >= 0.3 is 0 Å². The molecule has 0 unspecified atom stereocenters. The fourth-order valence-electron chi connectivity index (χ4n) is 1.75. The number of ether oxygens (including phenoxy) is 1. The van der Waals surface area contributed by atoms with Crippen LogP contribution in [-0.4, -0.2) is 54.3 Å². The number of nitrogens with zero attached hydrogens (tertiary/aromatic N) is 2. The van der Waals surface area contributed by atoms with Crippen molar-refractivity contribution in [2.45, 2.75) is 6.42 Å². The first kappa shape index (κ1) is 16.1. The van der Waals surface area contributed by atoms with Gasteiger partial charge in [0.1, 0.15) is 0 Å². The highest BCUT2D eigenvalue weighted by molar-refractivity contribution is 5.79. The van der Waals surface area contributed by atoms with E-state index in [4.69, 9.17) is 9.84 Å². The first-order valence-corrected chi connectivity index (χ1v) is 6.19. The van der Waals surface area contributed by atoms with E-state index in [9.17, 15) is 14.9 Å². The molecule has 0 spiro atoms. The molecule has 0 aliphatic heterocycles. The molecule has 0 aromatic heterocycles. The summed E-state index contributed by atoms with van der Waals surface area (Å²) >= 11 is 0. The third-order valence-corrected chi connectivity index (χ3v) is 2.76. The molecular weight excluding hydrogens is 264 g/mol. The molecule has 1 rings (SSSR count). The third kappa shape index (κ3) is 4.94. The second kappa shape index (κ2) is 8.23. The highest BCUT2D eigenvalue weighted by atomic mass is 16.6. The molecule has 1 amide bonds. The minimum absolute atomic E-state index is 0.0408. The maximum Gasteiger partial charge on any atom is 0.269 e. The summed E-state index contributed by atoms with van der Waals surface area (Å²) in [6.07, 6.45) is 0.0609. The molecule has 1 aromatic rings. The van der Waals surface area contributed by atoms with Gasteiger partial charge in [0.05, 0.1) is 24.6 Å². The summed E-state index contributed by atoms with van der Waals surface area (Å²) in [5.74, 6) is -0.198. The summed E-state index contributed by atoms with van der Waals surface area (Å²) in [5.41, 5.74) is 0.533. The summed E-state index contributed by atoms with van der Waals surface area (Å²) in [4.78, 5) is 23.7. The van der Waals surface area contributed by atoms with Crippen molar-refractivity contribution in [1.82, 2.24) is 4.90 Å². The van der Waals surface area contributed by atoms with E-state index in [1.807, 2.05) is 0 Å². The number of carbonyl (C=O) groups is 1. The van der Waals surface area contributed by atoms with Gasteiger partial charge in [-0.05, 0) is 5.56 Å². The lowest BCUT2D eigenvalue weighted by atomic mass is 10.1. The summed E-state index contributed by atoms with van der Waals surface area (Å²) in [6, 6.07) is 5.97. The maximum atomic E-state index is 12.1. The first-order valence-electron chi connectivity index (χ1n) is 6.19. The van der Waals surface area contributed by atoms with Crippen molar-refractivity contribution in [3.63, 3.8) is 0 Å². The molecule has 110 valence electrons. The highest BCUT2D eigenvalue weighted by Gasteiger charge is 2.15. The van der Waals surface area contributed by atoms with Crippen LogP contribution >= 0.6 is 0 Å². The Morgan fingerprint density at radius 3 is 2.80 bits per heavy atom. The van der Waals surface area contributed by atoms with E-state index in [2.05, 4.69) is 0 Å². The highest BCUT2D eigenvalue weighted by Crippen LogP contribution is 2.14. The number of methoxy groups -OCH3 is 1. The van der Waals surface area contributed by atoms with Crippen molar-refractivity contribution >= 4 is 11.6 Å². The molecular formula is C13H18N2O5. The van der Waals surface area contributed by atoms with E-state index >= 15 is 0 Å². The fourth-order valence-corrected chi connectivity index (χ4v) is 1.75. The Morgan fingerprint density at radius 1 is 1.45 bits per heavy atom. The summed E-state index contributed by atoms with van der Waals surface area (Å²) in [5, 5.41) is 19.6. The van der Waals surface area contributed by atoms with E-state index in [0.29, 0.717) is 18.7 Å². The molecule has 0 aliphatic carbocycles. The number of aliphatic hydroxyl groups excluding tert-OH is 1. The van der Waals surface area contributed by atoms with Gasteiger partial charge in [-0.15, -0.1) is 0 Å². The summed E-state index contributed by atoms with van der Waals surface area (Å²) in [6.45, 7) is 0.840. The van der Waals surface area contributed by atoms with Gasteiger partial charge in [-0.25, -0.2) is 0 Å². The third-order valence-electron chi connectivity index (χ3n) is 2.76. The van der Waals surface area contributed by atoms with Gasteiger partial charge in [-0.1, -0.05) is 12.1 Å². The van der Waals surface area contributed by atoms with Crippen LogP contribution in [0.3, 0.4) is 0 Å². The van der Waals surface area contributed by atoms with Crippen molar-refractivity contribution < 1.29 is 19.6 Å². The Labute approximate surface area is 116 Å². The summed E-state index contributed by atoms with van der Waals surface area (Å²) < 4.78 is 4.90. The number of hydrogen-bond acceptors (Lipinski definition) is 5. The standard InChI is InChI=1S/C13H18N2O5/c1-20-8-6-14(5-7-16)13(17)10-11-3-2-4-12(9-11)15(18)19/h2-4,9,16H,5-8,10H2,1H3. The number of aliphatic hydroxyl groups is 1. The van der Waals surface area contributed by atoms with Gasteiger partial charge < -0.3 is 14.7 Å². The minimum Gasteiger partial charge on any atom is -0.395 e. The van der Waals surface area contributed by atoms with Crippen LogP contribution in [0.25, 0.3) is 0 Å². The van der Waals surface area contributed by atoms with Crippen LogP contribution in [0.5, 0.6) is 0 Å². The second-order valence-electron chi connectivity index (χ2n) is 4.20. The number of carbonyl (C=O) groups excluding carboxylic acids is 1. The Balaban J connectivity index is 2.71. The van der Waals surface area contributed by atoms with Crippen LogP contribution in [0.1, 0.15) is 5.56 Å². The van der Waals surface area contributed by atoms with Gasteiger partial charge in [0.25, 0.3) is 5.69 Å². The molecule has 0 bridgehead atoms. The lowest BCUT2D eigenvalue weighted by molar-refractivity contribution is -0.384. The molecule has 7 nitrogen and oxygen atoms in total. The second-order valence-corrected chi connectivity index (χ2v) is 4.20. The molecule has 0 fully saturated rings. The van der Waals surface area contributed by atoms with E-state index < -0.39 is 4.92 Å². The SMILES string of the molecule is COCCN(CCO)C(=O)Cc1cccc([N+](=O)[O-])c1. The lowest BCUT2D eigenvalue weighted by Gasteiger charge is -2.21. The Hall–Kier alpha value is -1.99. The van der Waals surface area contributed by atoms with E-state index in [0.717, 1.165) is 0 Å². The van der Waals surface area contributed by atoms with Crippen LogP contribution in [0.4, 0.5) is 5.69 Å². The maximum absolute atomic E-state index is 12.1. The number of rotatable bonds is 8. The Kier molecular flexibility index (Phi) is 6.61. The quantitative estimate of drug-likeness (QED) is 0.557.